The second kappa shape index (κ2) is 5.29. The largest absolute Gasteiger partial charge is 0.411 e. The van der Waals surface area contributed by atoms with Gasteiger partial charge in [-0.25, -0.2) is 0 Å². The van der Waals surface area contributed by atoms with E-state index in [4.69, 9.17) is 5.21 Å². The van der Waals surface area contributed by atoms with Crippen LogP contribution >= 0.6 is 0 Å². The smallest absolute Gasteiger partial charge is 0.226 e. The Kier molecular flexibility index (Phi) is 3.93. The van der Waals surface area contributed by atoms with Crippen molar-refractivity contribution in [3.63, 3.8) is 0 Å². The Bertz CT molecular complexity index is 340. The zero-order valence-electron chi connectivity index (χ0n) is 11.5. The molecule has 0 aromatic rings. The fourth-order valence-electron chi connectivity index (χ4n) is 3.26. The van der Waals surface area contributed by atoms with Gasteiger partial charge in [0.2, 0.25) is 5.91 Å². The van der Waals surface area contributed by atoms with Crippen molar-refractivity contribution >= 4 is 11.6 Å². The SMILES string of the molecule is CC1(C)CCCCC1C(=O)N1CCC(=NO)CC1. The number of amides is 1. The molecule has 1 saturated carbocycles. The van der Waals surface area contributed by atoms with Crippen LogP contribution in [0.3, 0.4) is 0 Å². The van der Waals surface area contributed by atoms with Gasteiger partial charge in [-0.15, -0.1) is 0 Å². The monoisotopic (exact) mass is 252 g/mol. The molecule has 2 aliphatic rings. The summed E-state index contributed by atoms with van der Waals surface area (Å²) in [5.41, 5.74) is 0.961. The highest BCUT2D eigenvalue weighted by Crippen LogP contribution is 2.41. The van der Waals surface area contributed by atoms with E-state index in [1.54, 1.807) is 0 Å². The molecule has 102 valence electrons. The number of rotatable bonds is 1. The minimum absolute atomic E-state index is 0.140. The van der Waals surface area contributed by atoms with E-state index >= 15 is 0 Å². The Hall–Kier alpha value is -1.06. The lowest BCUT2D eigenvalue weighted by Crippen LogP contribution is -2.46. The molecule has 2 rings (SSSR count). The van der Waals surface area contributed by atoms with Gasteiger partial charge in [0, 0.05) is 31.8 Å². The first-order valence-corrected chi connectivity index (χ1v) is 7.03. The van der Waals surface area contributed by atoms with Crippen LogP contribution in [0.15, 0.2) is 5.16 Å². The number of carbonyl (C=O) groups excluding carboxylic acids is 1. The third-order valence-corrected chi connectivity index (χ3v) is 4.60. The van der Waals surface area contributed by atoms with Crippen LogP contribution < -0.4 is 0 Å². The van der Waals surface area contributed by atoms with Crippen LogP contribution in [-0.2, 0) is 4.79 Å². The van der Waals surface area contributed by atoms with Gasteiger partial charge in [-0.05, 0) is 18.3 Å². The summed E-state index contributed by atoms with van der Waals surface area (Å²) in [6.07, 6.45) is 6.05. The highest BCUT2D eigenvalue weighted by Gasteiger charge is 2.39. The maximum absolute atomic E-state index is 12.6. The standard InChI is InChI=1S/C14H24N2O2/c1-14(2)8-4-3-5-12(14)13(17)16-9-6-11(15-18)7-10-16/h12,18H,3-10H2,1-2H3. The predicted octanol–water partition coefficient (Wildman–Crippen LogP) is 2.66. The molecule has 4 nitrogen and oxygen atoms in total. The highest BCUT2D eigenvalue weighted by atomic mass is 16.4. The summed E-state index contributed by atoms with van der Waals surface area (Å²) in [5.74, 6) is 0.496. The Balaban J connectivity index is 1.99. The molecule has 1 N–H and O–H groups in total. The average molecular weight is 252 g/mol. The number of piperidine rings is 1. The fourth-order valence-corrected chi connectivity index (χ4v) is 3.26. The number of nitrogens with zero attached hydrogens (tertiary/aromatic N) is 2. The Labute approximate surface area is 109 Å². The topological polar surface area (TPSA) is 52.9 Å². The second-order valence-electron chi connectivity index (χ2n) is 6.28. The van der Waals surface area contributed by atoms with Gasteiger partial charge in [-0.1, -0.05) is 31.8 Å². The van der Waals surface area contributed by atoms with E-state index in [0.29, 0.717) is 19.0 Å². The summed E-state index contributed by atoms with van der Waals surface area (Å²) in [5, 5.41) is 12.0. The van der Waals surface area contributed by atoms with Crippen molar-refractivity contribution in [2.45, 2.75) is 52.4 Å². The number of hydrogen-bond donors (Lipinski definition) is 1. The van der Waals surface area contributed by atoms with Gasteiger partial charge in [-0.2, -0.15) is 0 Å². The summed E-state index contributed by atoms with van der Waals surface area (Å²) in [6.45, 7) is 5.87. The molecule has 1 aliphatic heterocycles. The van der Waals surface area contributed by atoms with Crippen LogP contribution in [0.4, 0.5) is 0 Å². The van der Waals surface area contributed by atoms with E-state index < -0.39 is 0 Å². The zero-order chi connectivity index (χ0) is 13.2. The minimum atomic E-state index is 0.140. The molecular weight excluding hydrogens is 228 g/mol. The van der Waals surface area contributed by atoms with E-state index in [0.717, 1.165) is 31.4 Å². The fraction of sp³-hybridized carbons (Fsp3) is 0.857. The van der Waals surface area contributed by atoms with Crippen molar-refractivity contribution in [2.75, 3.05) is 13.1 Å². The molecule has 2 fully saturated rings. The lowest BCUT2D eigenvalue weighted by atomic mass is 9.68. The van der Waals surface area contributed by atoms with Crippen molar-refractivity contribution in [3.8, 4) is 0 Å². The van der Waals surface area contributed by atoms with Crippen molar-refractivity contribution < 1.29 is 10.0 Å². The number of likely N-dealkylation sites (tertiary alicyclic amines) is 1. The summed E-state index contributed by atoms with van der Waals surface area (Å²) < 4.78 is 0. The molecule has 1 amide bonds. The zero-order valence-corrected chi connectivity index (χ0v) is 11.5. The van der Waals surface area contributed by atoms with Crippen molar-refractivity contribution in [1.29, 1.82) is 0 Å². The van der Waals surface area contributed by atoms with Gasteiger partial charge in [0.1, 0.15) is 0 Å². The molecule has 0 aromatic carbocycles. The van der Waals surface area contributed by atoms with Gasteiger partial charge in [0.05, 0.1) is 5.71 Å². The third-order valence-electron chi connectivity index (χ3n) is 4.60. The molecular formula is C14H24N2O2. The molecule has 0 aromatic heterocycles. The molecule has 1 aliphatic carbocycles. The minimum Gasteiger partial charge on any atom is -0.411 e. The lowest BCUT2D eigenvalue weighted by Gasteiger charge is -2.41. The number of oxime groups is 1. The van der Waals surface area contributed by atoms with Crippen LogP contribution in [0.25, 0.3) is 0 Å². The van der Waals surface area contributed by atoms with E-state index in [9.17, 15) is 4.79 Å². The van der Waals surface area contributed by atoms with Gasteiger partial charge < -0.3 is 10.1 Å². The van der Waals surface area contributed by atoms with E-state index in [2.05, 4.69) is 19.0 Å². The van der Waals surface area contributed by atoms with E-state index in [1.807, 2.05) is 4.90 Å². The van der Waals surface area contributed by atoms with Crippen molar-refractivity contribution in [3.05, 3.63) is 0 Å². The molecule has 1 atom stereocenters. The van der Waals surface area contributed by atoms with Crippen molar-refractivity contribution in [2.24, 2.45) is 16.5 Å². The lowest BCUT2D eigenvalue weighted by molar-refractivity contribution is -0.141. The summed E-state index contributed by atoms with van der Waals surface area (Å²) >= 11 is 0. The molecule has 1 saturated heterocycles. The van der Waals surface area contributed by atoms with Crippen molar-refractivity contribution in [1.82, 2.24) is 4.90 Å². The predicted molar refractivity (Wildman–Crippen MR) is 70.8 cm³/mol. The average Bonchev–Trinajstić information content (AvgIpc) is 2.37. The maximum atomic E-state index is 12.6. The molecule has 1 unspecified atom stereocenters. The quantitative estimate of drug-likeness (QED) is 0.576. The summed E-state index contributed by atoms with van der Waals surface area (Å²) in [7, 11) is 0. The Morgan fingerprint density at radius 2 is 2.00 bits per heavy atom. The molecule has 0 bridgehead atoms. The van der Waals surface area contributed by atoms with E-state index in [1.165, 1.54) is 12.8 Å². The Morgan fingerprint density at radius 3 is 2.56 bits per heavy atom. The maximum Gasteiger partial charge on any atom is 0.226 e. The van der Waals surface area contributed by atoms with Gasteiger partial charge in [0.25, 0.3) is 0 Å². The first-order valence-electron chi connectivity index (χ1n) is 7.03. The summed E-state index contributed by atoms with van der Waals surface area (Å²) in [4.78, 5) is 14.6. The van der Waals surface area contributed by atoms with Crippen LogP contribution in [0.5, 0.6) is 0 Å². The van der Waals surface area contributed by atoms with E-state index in [-0.39, 0.29) is 11.3 Å². The number of hydrogen-bond acceptors (Lipinski definition) is 3. The van der Waals surface area contributed by atoms with Crippen LogP contribution in [0.2, 0.25) is 0 Å². The van der Waals surface area contributed by atoms with Gasteiger partial charge in [-0.3, -0.25) is 4.79 Å². The van der Waals surface area contributed by atoms with Crippen LogP contribution in [-0.4, -0.2) is 34.8 Å². The second-order valence-corrected chi connectivity index (χ2v) is 6.28. The Morgan fingerprint density at radius 1 is 1.33 bits per heavy atom. The summed E-state index contributed by atoms with van der Waals surface area (Å²) in [6, 6.07) is 0. The molecule has 0 radical (unpaired) electrons. The number of carbonyl (C=O) groups is 1. The molecule has 1 heterocycles. The first-order chi connectivity index (χ1) is 8.54. The van der Waals surface area contributed by atoms with Crippen LogP contribution in [0, 0.1) is 11.3 Å². The van der Waals surface area contributed by atoms with Gasteiger partial charge in [0.15, 0.2) is 0 Å². The first kappa shape index (κ1) is 13.4. The van der Waals surface area contributed by atoms with Gasteiger partial charge >= 0.3 is 0 Å². The highest BCUT2D eigenvalue weighted by molar-refractivity contribution is 5.87. The molecule has 18 heavy (non-hydrogen) atoms. The van der Waals surface area contributed by atoms with Crippen LogP contribution in [0.1, 0.15) is 52.4 Å². The normalized spacial score (nSPS) is 28.0. The molecule has 0 spiro atoms. The molecule has 4 heteroatoms. The third kappa shape index (κ3) is 2.68.